The number of hydrogen-bond donors (Lipinski definition) is 0. The molecule has 0 spiro atoms. The normalized spacial score (nSPS) is 10.6. The first kappa shape index (κ1) is 13.2. The van der Waals surface area contributed by atoms with Crippen LogP contribution in [0.15, 0.2) is 36.5 Å². The lowest BCUT2D eigenvalue weighted by molar-refractivity contribution is 0.377. The molecule has 0 aliphatic rings. The van der Waals surface area contributed by atoms with Crippen molar-refractivity contribution >= 4 is 5.65 Å². The fourth-order valence-electron chi connectivity index (χ4n) is 2.24. The van der Waals surface area contributed by atoms with Crippen LogP contribution in [0, 0.1) is 0 Å². The Morgan fingerprint density at radius 3 is 2.24 bits per heavy atom. The molecule has 0 aliphatic heterocycles. The largest absolute Gasteiger partial charge is 0.496 e. The highest BCUT2D eigenvalue weighted by Crippen LogP contribution is 2.40. The van der Waals surface area contributed by atoms with E-state index in [-0.39, 0.29) is 0 Å². The van der Waals surface area contributed by atoms with E-state index in [2.05, 4.69) is 10.2 Å². The first-order chi connectivity index (χ1) is 10.3. The third kappa shape index (κ3) is 2.14. The van der Waals surface area contributed by atoms with Crippen LogP contribution in [0.25, 0.3) is 17.0 Å². The van der Waals surface area contributed by atoms with E-state index in [4.69, 9.17) is 14.2 Å². The highest BCUT2D eigenvalue weighted by Gasteiger charge is 2.20. The number of benzene rings is 1. The number of pyridine rings is 1. The Hall–Kier alpha value is -2.76. The van der Waals surface area contributed by atoms with Crippen molar-refractivity contribution in [3.63, 3.8) is 0 Å². The Morgan fingerprint density at radius 2 is 1.62 bits per heavy atom. The molecule has 0 unspecified atom stereocenters. The molecule has 0 fully saturated rings. The van der Waals surface area contributed by atoms with Gasteiger partial charge < -0.3 is 14.2 Å². The van der Waals surface area contributed by atoms with Crippen LogP contribution in [0.3, 0.4) is 0 Å². The first-order valence-electron chi connectivity index (χ1n) is 6.38. The fraction of sp³-hybridized carbons (Fsp3) is 0.200. The Bertz CT molecular complexity index is 758. The number of ether oxygens (including phenoxy) is 3. The van der Waals surface area contributed by atoms with Crippen molar-refractivity contribution in [2.75, 3.05) is 21.3 Å². The zero-order chi connectivity index (χ0) is 14.8. The quantitative estimate of drug-likeness (QED) is 0.737. The number of nitrogens with zero attached hydrogens (tertiary/aromatic N) is 3. The molecule has 0 N–H and O–H groups in total. The maximum absolute atomic E-state index is 5.46. The molecule has 21 heavy (non-hydrogen) atoms. The SMILES string of the molecule is COc1cc(OC)c(-c2nnc3ccccn23)c(OC)c1. The number of methoxy groups -OCH3 is 3. The number of hydrogen-bond acceptors (Lipinski definition) is 5. The minimum absolute atomic E-state index is 0.615. The van der Waals surface area contributed by atoms with Crippen LogP contribution >= 0.6 is 0 Å². The Kier molecular flexibility index (Phi) is 3.35. The van der Waals surface area contributed by atoms with Gasteiger partial charge in [-0.05, 0) is 12.1 Å². The van der Waals surface area contributed by atoms with E-state index in [1.807, 2.05) is 28.8 Å². The van der Waals surface area contributed by atoms with Gasteiger partial charge in [-0.3, -0.25) is 4.40 Å². The molecular formula is C15H15N3O3. The smallest absolute Gasteiger partial charge is 0.175 e. The highest BCUT2D eigenvalue weighted by atomic mass is 16.5. The van der Waals surface area contributed by atoms with Crippen molar-refractivity contribution in [1.82, 2.24) is 14.6 Å². The Balaban J connectivity index is 2.30. The Morgan fingerprint density at radius 1 is 0.905 bits per heavy atom. The van der Waals surface area contributed by atoms with Gasteiger partial charge in [0, 0.05) is 18.3 Å². The van der Waals surface area contributed by atoms with Gasteiger partial charge in [0.2, 0.25) is 0 Å². The molecular weight excluding hydrogens is 270 g/mol. The van der Waals surface area contributed by atoms with Crippen LogP contribution in [-0.2, 0) is 0 Å². The summed E-state index contributed by atoms with van der Waals surface area (Å²) in [6.07, 6.45) is 1.90. The van der Waals surface area contributed by atoms with Gasteiger partial charge in [0.15, 0.2) is 11.5 Å². The summed E-state index contributed by atoms with van der Waals surface area (Å²) >= 11 is 0. The van der Waals surface area contributed by atoms with Gasteiger partial charge in [0.25, 0.3) is 0 Å². The van der Waals surface area contributed by atoms with Gasteiger partial charge in [-0.25, -0.2) is 0 Å². The second-order valence-electron chi connectivity index (χ2n) is 4.36. The van der Waals surface area contributed by atoms with Crippen molar-refractivity contribution in [3.05, 3.63) is 36.5 Å². The van der Waals surface area contributed by atoms with Crippen LogP contribution in [0.4, 0.5) is 0 Å². The molecule has 0 saturated carbocycles. The van der Waals surface area contributed by atoms with Gasteiger partial charge in [0.1, 0.15) is 22.8 Å². The molecule has 0 aliphatic carbocycles. The maximum atomic E-state index is 5.46. The van der Waals surface area contributed by atoms with Gasteiger partial charge in [-0.15, -0.1) is 10.2 Å². The third-order valence-corrected chi connectivity index (χ3v) is 3.25. The molecule has 3 rings (SSSR count). The average molecular weight is 285 g/mol. The van der Waals surface area contributed by atoms with E-state index in [1.165, 1.54) is 0 Å². The van der Waals surface area contributed by atoms with E-state index in [1.54, 1.807) is 33.5 Å². The minimum atomic E-state index is 0.615. The van der Waals surface area contributed by atoms with Crippen LogP contribution in [0.5, 0.6) is 17.2 Å². The predicted octanol–water partition coefficient (Wildman–Crippen LogP) is 2.42. The van der Waals surface area contributed by atoms with E-state index in [9.17, 15) is 0 Å². The van der Waals surface area contributed by atoms with Crippen molar-refractivity contribution in [2.45, 2.75) is 0 Å². The highest BCUT2D eigenvalue weighted by molar-refractivity contribution is 5.75. The zero-order valence-corrected chi connectivity index (χ0v) is 12.0. The molecule has 2 aromatic heterocycles. The molecule has 0 amide bonds. The molecule has 6 heteroatoms. The monoisotopic (exact) mass is 285 g/mol. The van der Waals surface area contributed by atoms with Gasteiger partial charge in [0.05, 0.1) is 21.3 Å². The molecule has 0 saturated heterocycles. The van der Waals surface area contributed by atoms with Gasteiger partial charge in [-0.1, -0.05) is 6.07 Å². The molecule has 108 valence electrons. The van der Waals surface area contributed by atoms with Crippen molar-refractivity contribution < 1.29 is 14.2 Å². The van der Waals surface area contributed by atoms with Crippen LogP contribution in [-0.4, -0.2) is 35.9 Å². The molecule has 1 aromatic carbocycles. The molecule has 2 heterocycles. The molecule has 3 aromatic rings. The molecule has 0 atom stereocenters. The van der Waals surface area contributed by atoms with Crippen LogP contribution in [0.2, 0.25) is 0 Å². The second kappa shape index (κ2) is 5.32. The Labute approximate surface area is 121 Å². The average Bonchev–Trinajstić information content (AvgIpc) is 2.97. The zero-order valence-electron chi connectivity index (χ0n) is 12.0. The number of fused-ring (bicyclic) bond motifs is 1. The van der Waals surface area contributed by atoms with E-state index < -0.39 is 0 Å². The van der Waals surface area contributed by atoms with Crippen LogP contribution < -0.4 is 14.2 Å². The number of aromatic nitrogens is 3. The molecule has 0 bridgehead atoms. The lowest BCUT2D eigenvalue weighted by Gasteiger charge is -2.13. The summed E-state index contributed by atoms with van der Waals surface area (Å²) in [5.41, 5.74) is 1.49. The summed E-state index contributed by atoms with van der Waals surface area (Å²) in [5, 5.41) is 8.41. The second-order valence-corrected chi connectivity index (χ2v) is 4.36. The topological polar surface area (TPSA) is 57.9 Å². The van der Waals surface area contributed by atoms with E-state index in [0.29, 0.717) is 23.1 Å². The van der Waals surface area contributed by atoms with Crippen LogP contribution in [0.1, 0.15) is 0 Å². The summed E-state index contributed by atoms with van der Waals surface area (Å²) < 4.78 is 18.1. The van der Waals surface area contributed by atoms with Gasteiger partial charge in [-0.2, -0.15) is 0 Å². The van der Waals surface area contributed by atoms with Gasteiger partial charge >= 0.3 is 0 Å². The molecule has 0 radical (unpaired) electrons. The third-order valence-electron chi connectivity index (χ3n) is 3.25. The first-order valence-corrected chi connectivity index (χ1v) is 6.38. The van der Waals surface area contributed by atoms with Crippen molar-refractivity contribution in [1.29, 1.82) is 0 Å². The van der Waals surface area contributed by atoms with E-state index in [0.717, 1.165) is 11.2 Å². The summed E-state index contributed by atoms with van der Waals surface area (Å²) in [6, 6.07) is 9.31. The number of rotatable bonds is 4. The maximum Gasteiger partial charge on any atom is 0.175 e. The van der Waals surface area contributed by atoms with Crippen molar-refractivity contribution in [3.8, 4) is 28.6 Å². The standard InChI is InChI=1S/C15H15N3O3/c1-19-10-8-11(20-2)14(12(9-10)21-3)15-17-16-13-6-4-5-7-18(13)15/h4-9H,1-3H3. The van der Waals surface area contributed by atoms with E-state index >= 15 is 0 Å². The van der Waals surface area contributed by atoms with Crippen molar-refractivity contribution in [2.24, 2.45) is 0 Å². The minimum Gasteiger partial charge on any atom is -0.496 e. The summed E-state index contributed by atoms with van der Waals surface area (Å²) in [5.74, 6) is 2.54. The predicted molar refractivity (Wildman–Crippen MR) is 78.1 cm³/mol. The lowest BCUT2D eigenvalue weighted by atomic mass is 10.1. The lowest BCUT2D eigenvalue weighted by Crippen LogP contribution is -1.98. The summed E-state index contributed by atoms with van der Waals surface area (Å²) in [4.78, 5) is 0. The summed E-state index contributed by atoms with van der Waals surface area (Å²) in [6.45, 7) is 0. The summed E-state index contributed by atoms with van der Waals surface area (Å²) in [7, 11) is 4.79. The fourth-order valence-corrected chi connectivity index (χ4v) is 2.24. The molecule has 6 nitrogen and oxygen atoms in total.